The monoisotopic (exact) mass is 253 g/mol. The topological polar surface area (TPSA) is 12.0 Å². The molecule has 98 valence electrons. The lowest BCUT2D eigenvalue weighted by molar-refractivity contribution is 0.430. The van der Waals surface area contributed by atoms with Gasteiger partial charge in [0.05, 0.1) is 0 Å². The molecule has 1 heterocycles. The lowest BCUT2D eigenvalue weighted by atomic mass is 10.0. The van der Waals surface area contributed by atoms with Crippen molar-refractivity contribution in [3.63, 3.8) is 0 Å². The van der Waals surface area contributed by atoms with Gasteiger partial charge in [-0.15, -0.1) is 11.3 Å². The zero-order chi connectivity index (χ0) is 12.3. The van der Waals surface area contributed by atoms with Crippen molar-refractivity contribution < 1.29 is 0 Å². The maximum atomic E-state index is 3.69. The summed E-state index contributed by atoms with van der Waals surface area (Å²) in [5, 5.41) is 5.87. The fourth-order valence-electron chi connectivity index (χ4n) is 2.12. The third-order valence-electron chi connectivity index (χ3n) is 3.15. The minimum absolute atomic E-state index is 0.745. The van der Waals surface area contributed by atoms with Gasteiger partial charge in [-0.05, 0) is 50.1 Å². The standard InChI is InChI=1S/C15H27NS/c1-3-5-8-14(16-12-4-2)9-6-10-15-11-7-13-17-15/h7,11,13-14,16H,3-6,8-10,12H2,1-2H3. The Morgan fingerprint density at radius 1 is 1.18 bits per heavy atom. The fourth-order valence-corrected chi connectivity index (χ4v) is 2.88. The van der Waals surface area contributed by atoms with Crippen LogP contribution in [-0.2, 0) is 6.42 Å². The average Bonchev–Trinajstić information content (AvgIpc) is 2.85. The molecular weight excluding hydrogens is 226 g/mol. The van der Waals surface area contributed by atoms with E-state index in [0.717, 1.165) is 6.04 Å². The summed E-state index contributed by atoms with van der Waals surface area (Å²) in [4.78, 5) is 1.54. The van der Waals surface area contributed by atoms with Gasteiger partial charge in [-0.2, -0.15) is 0 Å². The maximum absolute atomic E-state index is 3.69. The summed E-state index contributed by atoms with van der Waals surface area (Å²) in [5.41, 5.74) is 0. The Balaban J connectivity index is 2.17. The minimum Gasteiger partial charge on any atom is -0.314 e. The van der Waals surface area contributed by atoms with E-state index >= 15 is 0 Å². The number of hydrogen-bond donors (Lipinski definition) is 1. The van der Waals surface area contributed by atoms with Crippen LogP contribution >= 0.6 is 11.3 Å². The summed E-state index contributed by atoms with van der Waals surface area (Å²) in [5.74, 6) is 0. The molecule has 0 saturated carbocycles. The van der Waals surface area contributed by atoms with E-state index < -0.39 is 0 Å². The first-order chi connectivity index (χ1) is 8.36. The smallest absolute Gasteiger partial charge is 0.00671 e. The van der Waals surface area contributed by atoms with Gasteiger partial charge < -0.3 is 5.32 Å². The van der Waals surface area contributed by atoms with E-state index in [0.29, 0.717) is 0 Å². The van der Waals surface area contributed by atoms with Crippen molar-refractivity contribution in [3.05, 3.63) is 22.4 Å². The van der Waals surface area contributed by atoms with Crippen molar-refractivity contribution in [2.45, 2.75) is 64.8 Å². The lowest BCUT2D eigenvalue weighted by Crippen LogP contribution is -2.29. The van der Waals surface area contributed by atoms with Crippen LogP contribution in [0.15, 0.2) is 17.5 Å². The molecule has 0 spiro atoms. The average molecular weight is 253 g/mol. The third-order valence-corrected chi connectivity index (χ3v) is 4.08. The molecule has 1 aromatic heterocycles. The quantitative estimate of drug-likeness (QED) is 0.641. The van der Waals surface area contributed by atoms with Crippen LogP contribution in [0.25, 0.3) is 0 Å². The molecule has 1 atom stereocenters. The fraction of sp³-hybridized carbons (Fsp3) is 0.733. The van der Waals surface area contributed by atoms with Gasteiger partial charge in [0, 0.05) is 10.9 Å². The molecule has 17 heavy (non-hydrogen) atoms. The zero-order valence-corrected chi connectivity index (χ0v) is 12.2. The van der Waals surface area contributed by atoms with Crippen LogP contribution in [0.3, 0.4) is 0 Å². The Bertz CT molecular complexity index is 248. The molecule has 2 heteroatoms. The second-order valence-corrected chi connectivity index (χ2v) is 5.80. The van der Waals surface area contributed by atoms with Gasteiger partial charge in [0.1, 0.15) is 0 Å². The molecule has 0 aliphatic rings. The zero-order valence-electron chi connectivity index (χ0n) is 11.4. The van der Waals surface area contributed by atoms with Crippen LogP contribution in [0.1, 0.15) is 57.2 Å². The van der Waals surface area contributed by atoms with Gasteiger partial charge in [0.15, 0.2) is 0 Å². The lowest BCUT2D eigenvalue weighted by Gasteiger charge is -2.17. The molecule has 1 unspecified atom stereocenters. The molecule has 0 amide bonds. The summed E-state index contributed by atoms with van der Waals surface area (Å²) in [7, 11) is 0. The first kappa shape index (κ1) is 14.7. The summed E-state index contributed by atoms with van der Waals surface area (Å²) >= 11 is 1.89. The van der Waals surface area contributed by atoms with Crippen molar-refractivity contribution >= 4 is 11.3 Å². The Labute approximate surface area is 111 Å². The maximum Gasteiger partial charge on any atom is 0.00671 e. The molecule has 0 saturated heterocycles. The van der Waals surface area contributed by atoms with Gasteiger partial charge in [-0.3, -0.25) is 0 Å². The van der Waals surface area contributed by atoms with Crippen molar-refractivity contribution in [3.8, 4) is 0 Å². The number of thiophene rings is 1. The molecule has 0 radical (unpaired) electrons. The van der Waals surface area contributed by atoms with E-state index in [4.69, 9.17) is 0 Å². The molecule has 1 rings (SSSR count). The van der Waals surface area contributed by atoms with E-state index in [1.807, 2.05) is 11.3 Å². The van der Waals surface area contributed by atoms with Crippen molar-refractivity contribution in [2.75, 3.05) is 6.54 Å². The molecular formula is C15H27NS. The largest absolute Gasteiger partial charge is 0.314 e. The van der Waals surface area contributed by atoms with Crippen LogP contribution in [0.4, 0.5) is 0 Å². The Hall–Kier alpha value is -0.340. The first-order valence-corrected chi connectivity index (χ1v) is 8.00. The number of unbranched alkanes of at least 4 members (excludes halogenated alkanes) is 1. The number of rotatable bonds is 10. The highest BCUT2D eigenvalue weighted by atomic mass is 32.1. The molecule has 0 bridgehead atoms. The summed E-state index contributed by atoms with van der Waals surface area (Å²) in [6.45, 7) is 5.70. The van der Waals surface area contributed by atoms with Gasteiger partial charge in [0.25, 0.3) is 0 Å². The molecule has 1 aromatic rings. The predicted octanol–water partition coefficient (Wildman–Crippen LogP) is 4.63. The summed E-state index contributed by atoms with van der Waals surface area (Å²) in [6, 6.07) is 5.16. The van der Waals surface area contributed by atoms with Crippen LogP contribution in [0.2, 0.25) is 0 Å². The summed E-state index contributed by atoms with van der Waals surface area (Å²) in [6.07, 6.45) is 9.18. The molecule has 0 fully saturated rings. The number of nitrogens with one attached hydrogen (secondary N) is 1. The molecule has 0 aromatic carbocycles. The highest BCUT2D eigenvalue weighted by Crippen LogP contribution is 2.14. The van der Waals surface area contributed by atoms with E-state index in [1.54, 1.807) is 0 Å². The van der Waals surface area contributed by atoms with Crippen molar-refractivity contribution in [2.24, 2.45) is 0 Å². The minimum atomic E-state index is 0.745. The van der Waals surface area contributed by atoms with Gasteiger partial charge in [-0.25, -0.2) is 0 Å². The van der Waals surface area contributed by atoms with E-state index in [-0.39, 0.29) is 0 Å². The van der Waals surface area contributed by atoms with E-state index in [9.17, 15) is 0 Å². The SMILES string of the molecule is CCCCC(CCCc1cccs1)NCCC. The molecule has 0 aliphatic heterocycles. The van der Waals surface area contributed by atoms with Gasteiger partial charge in [-0.1, -0.05) is 32.8 Å². The van der Waals surface area contributed by atoms with Crippen LogP contribution in [0, 0.1) is 0 Å². The molecule has 1 nitrogen and oxygen atoms in total. The van der Waals surface area contributed by atoms with Crippen molar-refractivity contribution in [1.29, 1.82) is 0 Å². The first-order valence-electron chi connectivity index (χ1n) is 7.12. The second kappa shape index (κ2) is 9.67. The predicted molar refractivity (Wildman–Crippen MR) is 78.9 cm³/mol. The highest BCUT2D eigenvalue weighted by molar-refractivity contribution is 7.09. The number of hydrogen-bond acceptors (Lipinski definition) is 2. The molecule has 1 N–H and O–H groups in total. The second-order valence-electron chi connectivity index (χ2n) is 4.76. The third kappa shape index (κ3) is 6.85. The van der Waals surface area contributed by atoms with Gasteiger partial charge >= 0.3 is 0 Å². The van der Waals surface area contributed by atoms with Crippen molar-refractivity contribution in [1.82, 2.24) is 5.32 Å². The normalized spacial score (nSPS) is 12.8. The Morgan fingerprint density at radius 3 is 2.65 bits per heavy atom. The Morgan fingerprint density at radius 2 is 2.00 bits per heavy atom. The van der Waals surface area contributed by atoms with Crippen LogP contribution < -0.4 is 5.32 Å². The number of aryl methyl sites for hydroxylation is 1. The van der Waals surface area contributed by atoms with Gasteiger partial charge in [0.2, 0.25) is 0 Å². The summed E-state index contributed by atoms with van der Waals surface area (Å²) < 4.78 is 0. The Kier molecular flexibility index (Phi) is 8.37. The van der Waals surface area contributed by atoms with E-state index in [1.165, 1.54) is 56.4 Å². The molecule has 0 aliphatic carbocycles. The highest BCUT2D eigenvalue weighted by Gasteiger charge is 2.06. The van der Waals surface area contributed by atoms with E-state index in [2.05, 4.69) is 36.7 Å². The van der Waals surface area contributed by atoms with Crippen LogP contribution in [-0.4, -0.2) is 12.6 Å². The van der Waals surface area contributed by atoms with Crippen LogP contribution in [0.5, 0.6) is 0 Å².